The fourth-order valence-corrected chi connectivity index (χ4v) is 1.85. The molecule has 2 rings (SSSR count). The van der Waals surface area contributed by atoms with E-state index in [9.17, 15) is 4.79 Å². The molecule has 0 atom stereocenters. The van der Waals surface area contributed by atoms with Crippen LogP contribution in [0.3, 0.4) is 0 Å². The summed E-state index contributed by atoms with van der Waals surface area (Å²) in [7, 11) is 1.63. The van der Waals surface area contributed by atoms with E-state index in [1.165, 1.54) is 18.6 Å². The smallest absolute Gasteiger partial charge is 0.271 e. The van der Waals surface area contributed by atoms with Gasteiger partial charge in [-0.1, -0.05) is 0 Å². The molecule has 0 fully saturated rings. The Bertz CT molecular complexity index is 567. The highest BCUT2D eigenvalue weighted by atomic mass is 16.5. The van der Waals surface area contributed by atoms with Crippen molar-refractivity contribution in [2.24, 2.45) is 0 Å². The minimum atomic E-state index is -0.232. The van der Waals surface area contributed by atoms with Crippen molar-refractivity contribution >= 4 is 5.91 Å². The van der Waals surface area contributed by atoms with Gasteiger partial charge in [0.25, 0.3) is 5.91 Å². The molecule has 0 saturated carbocycles. The van der Waals surface area contributed by atoms with Crippen LogP contribution in [0.4, 0.5) is 0 Å². The predicted octanol–water partition coefficient (Wildman–Crippen LogP) is 0.558. The van der Waals surface area contributed by atoms with Gasteiger partial charge >= 0.3 is 0 Å². The number of hydrogen-bond donors (Lipinski definition) is 1. The minimum absolute atomic E-state index is 0.232. The van der Waals surface area contributed by atoms with E-state index in [-0.39, 0.29) is 5.91 Å². The Kier molecular flexibility index (Phi) is 4.78. The highest BCUT2D eigenvalue weighted by Crippen LogP contribution is 2.05. The third-order valence-electron chi connectivity index (χ3n) is 2.83. The maximum Gasteiger partial charge on any atom is 0.271 e. The number of nitrogens with one attached hydrogen (secondary N) is 1. The van der Waals surface area contributed by atoms with E-state index in [0.717, 1.165) is 11.5 Å². The van der Waals surface area contributed by atoms with Crippen LogP contribution >= 0.6 is 0 Å². The molecular formula is C13H17N5O2. The van der Waals surface area contributed by atoms with Gasteiger partial charge in [0.15, 0.2) is 0 Å². The fourth-order valence-electron chi connectivity index (χ4n) is 1.85. The van der Waals surface area contributed by atoms with Crippen LogP contribution in [-0.4, -0.2) is 39.1 Å². The maximum atomic E-state index is 11.8. The molecule has 2 aromatic rings. The molecule has 0 aliphatic rings. The number of ether oxygens (including phenoxy) is 1. The third kappa shape index (κ3) is 3.39. The number of hydrogen-bond acceptors (Lipinski definition) is 5. The van der Waals surface area contributed by atoms with Crippen molar-refractivity contribution in [3.05, 3.63) is 42.0 Å². The molecule has 0 aromatic carbocycles. The normalized spacial score (nSPS) is 10.5. The van der Waals surface area contributed by atoms with Crippen LogP contribution in [-0.2, 0) is 17.9 Å². The Balaban J connectivity index is 1.90. The summed E-state index contributed by atoms with van der Waals surface area (Å²) in [6.07, 6.45) is 6.25. The largest absolute Gasteiger partial charge is 0.377 e. The Morgan fingerprint density at radius 1 is 1.35 bits per heavy atom. The van der Waals surface area contributed by atoms with Crippen molar-refractivity contribution in [3.8, 4) is 0 Å². The average Bonchev–Trinajstić information content (AvgIpc) is 2.81. The van der Waals surface area contributed by atoms with Gasteiger partial charge in [-0.2, -0.15) is 0 Å². The van der Waals surface area contributed by atoms with E-state index >= 15 is 0 Å². The zero-order chi connectivity index (χ0) is 14.4. The van der Waals surface area contributed by atoms with Gasteiger partial charge in [0.2, 0.25) is 0 Å². The zero-order valence-corrected chi connectivity index (χ0v) is 11.5. The first-order chi connectivity index (χ1) is 9.72. The van der Waals surface area contributed by atoms with Crippen LogP contribution < -0.4 is 5.32 Å². The lowest BCUT2D eigenvalue weighted by molar-refractivity contribution is 0.0946. The van der Waals surface area contributed by atoms with Gasteiger partial charge in [-0.05, 0) is 6.92 Å². The van der Waals surface area contributed by atoms with Crippen molar-refractivity contribution in [2.45, 2.75) is 20.1 Å². The van der Waals surface area contributed by atoms with Crippen molar-refractivity contribution < 1.29 is 9.53 Å². The Morgan fingerprint density at radius 3 is 2.90 bits per heavy atom. The van der Waals surface area contributed by atoms with Gasteiger partial charge in [-0.3, -0.25) is 9.78 Å². The quantitative estimate of drug-likeness (QED) is 0.833. The van der Waals surface area contributed by atoms with E-state index in [1.807, 2.05) is 11.5 Å². The third-order valence-corrected chi connectivity index (χ3v) is 2.83. The number of imidazole rings is 1. The molecule has 2 aromatic heterocycles. The molecule has 0 aliphatic heterocycles. The van der Waals surface area contributed by atoms with Crippen LogP contribution in [0.5, 0.6) is 0 Å². The number of methoxy groups -OCH3 is 1. The lowest BCUT2D eigenvalue weighted by atomic mass is 10.4. The molecular weight excluding hydrogens is 258 g/mol. The molecule has 0 radical (unpaired) electrons. The minimum Gasteiger partial charge on any atom is -0.377 e. The summed E-state index contributed by atoms with van der Waals surface area (Å²) in [5.41, 5.74) is 1.35. The number of nitrogens with zero attached hydrogens (tertiary/aromatic N) is 4. The monoisotopic (exact) mass is 275 g/mol. The van der Waals surface area contributed by atoms with Gasteiger partial charge in [0, 0.05) is 44.5 Å². The van der Waals surface area contributed by atoms with Crippen LogP contribution in [0, 0.1) is 6.92 Å². The number of carbonyl (C=O) groups is 1. The van der Waals surface area contributed by atoms with Gasteiger partial charge < -0.3 is 14.6 Å². The van der Waals surface area contributed by atoms with Crippen LogP contribution in [0.25, 0.3) is 0 Å². The SMILES string of the molecule is COCc1ncc(C)n1CCNC(=O)c1cnccn1. The van der Waals surface area contributed by atoms with E-state index in [4.69, 9.17) is 4.74 Å². The maximum absolute atomic E-state index is 11.8. The summed E-state index contributed by atoms with van der Waals surface area (Å²) in [5.74, 6) is 0.614. The molecule has 0 aliphatic carbocycles. The van der Waals surface area contributed by atoms with Gasteiger partial charge in [0.1, 0.15) is 18.1 Å². The van der Waals surface area contributed by atoms with Gasteiger partial charge in [-0.15, -0.1) is 0 Å². The fraction of sp³-hybridized carbons (Fsp3) is 0.385. The molecule has 1 N–H and O–H groups in total. The molecule has 0 saturated heterocycles. The Hall–Kier alpha value is -2.28. The molecule has 0 bridgehead atoms. The number of amides is 1. The topological polar surface area (TPSA) is 81.9 Å². The lowest BCUT2D eigenvalue weighted by Gasteiger charge is -2.10. The zero-order valence-electron chi connectivity index (χ0n) is 11.5. The second kappa shape index (κ2) is 6.76. The number of carbonyl (C=O) groups excluding carboxylic acids is 1. The highest BCUT2D eigenvalue weighted by molar-refractivity contribution is 5.91. The number of aromatic nitrogens is 4. The molecule has 20 heavy (non-hydrogen) atoms. The van der Waals surface area contributed by atoms with Crippen molar-refractivity contribution in [1.82, 2.24) is 24.8 Å². The van der Waals surface area contributed by atoms with E-state index in [2.05, 4.69) is 20.3 Å². The highest BCUT2D eigenvalue weighted by Gasteiger charge is 2.09. The van der Waals surface area contributed by atoms with Gasteiger partial charge in [0.05, 0.1) is 6.20 Å². The summed E-state index contributed by atoms with van der Waals surface area (Å²) in [6.45, 7) is 3.54. The first-order valence-corrected chi connectivity index (χ1v) is 6.26. The summed E-state index contributed by atoms with van der Waals surface area (Å²) in [6, 6.07) is 0. The van der Waals surface area contributed by atoms with Crippen molar-refractivity contribution in [2.75, 3.05) is 13.7 Å². The molecule has 1 amide bonds. The van der Waals surface area contributed by atoms with Crippen molar-refractivity contribution in [1.29, 1.82) is 0 Å². The van der Waals surface area contributed by atoms with Crippen LogP contribution in [0.15, 0.2) is 24.8 Å². The second-order valence-electron chi connectivity index (χ2n) is 4.25. The number of aryl methyl sites for hydroxylation is 1. The molecule has 0 spiro atoms. The second-order valence-corrected chi connectivity index (χ2v) is 4.25. The molecule has 7 nitrogen and oxygen atoms in total. The summed E-state index contributed by atoms with van der Waals surface area (Å²) in [4.78, 5) is 23.9. The first-order valence-electron chi connectivity index (χ1n) is 6.26. The average molecular weight is 275 g/mol. The number of rotatable bonds is 6. The predicted molar refractivity (Wildman–Crippen MR) is 72.0 cm³/mol. The van der Waals surface area contributed by atoms with Gasteiger partial charge in [-0.25, -0.2) is 9.97 Å². The lowest BCUT2D eigenvalue weighted by Crippen LogP contribution is -2.28. The van der Waals surface area contributed by atoms with Crippen molar-refractivity contribution in [3.63, 3.8) is 0 Å². The molecule has 106 valence electrons. The van der Waals surface area contributed by atoms with Crippen LogP contribution in [0.2, 0.25) is 0 Å². The molecule has 2 heterocycles. The van der Waals surface area contributed by atoms with E-state index in [1.54, 1.807) is 13.3 Å². The Labute approximate surface area is 117 Å². The summed E-state index contributed by atoms with van der Waals surface area (Å²) < 4.78 is 7.10. The molecule has 0 unspecified atom stereocenters. The van der Waals surface area contributed by atoms with Crippen LogP contribution in [0.1, 0.15) is 22.0 Å². The molecule has 7 heteroatoms. The van der Waals surface area contributed by atoms with E-state index < -0.39 is 0 Å². The summed E-state index contributed by atoms with van der Waals surface area (Å²) in [5, 5.41) is 2.80. The first kappa shape index (κ1) is 14.1. The standard InChI is InChI=1S/C13H17N5O2/c1-10-7-17-12(9-20-2)18(10)6-5-16-13(19)11-8-14-3-4-15-11/h3-4,7-8H,5-6,9H2,1-2H3,(H,16,19). The Morgan fingerprint density at radius 2 is 2.20 bits per heavy atom. The van der Waals surface area contributed by atoms with E-state index in [0.29, 0.717) is 25.4 Å². The summed E-state index contributed by atoms with van der Waals surface area (Å²) >= 11 is 0.